The number of Topliss-reactive ketones (excluding diaryl/α,β-unsaturated/α-hetero) is 1. The monoisotopic (exact) mass is 509 g/mol. The number of carbonyl (C=O) groups excluding carboxylic acids is 2. The largest absolute Gasteiger partial charge is 0.507 e. The number of benzene rings is 2. The van der Waals surface area contributed by atoms with Crippen molar-refractivity contribution in [2.75, 3.05) is 7.11 Å². The summed E-state index contributed by atoms with van der Waals surface area (Å²) in [4.78, 5) is 27.7. The lowest BCUT2D eigenvalue weighted by Gasteiger charge is -2.25. The standard InChI is InChI=1S/C26H24BrNO5/c1-15(2)16-6-8-17(9-7-16)23-22(24(29)18-10-11-21(32-3)20(27)13-18)25(30)26(31)28(23)14-19-5-4-12-33-19/h4-13,15,23,29H,14H2,1-3H3/b24-22-. The van der Waals surface area contributed by atoms with Crippen LogP contribution in [0.2, 0.25) is 0 Å². The van der Waals surface area contributed by atoms with Gasteiger partial charge in [-0.15, -0.1) is 0 Å². The first-order valence-electron chi connectivity index (χ1n) is 10.6. The first-order chi connectivity index (χ1) is 15.8. The number of ketones is 1. The molecule has 1 saturated heterocycles. The summed E-state index contributed by atoms with van der Waals surface area (Å²) in [6, 6.07) is 15.5. The van der Waals surface area contributed by atoms with E-state index >= 15 is 0 Å². The third kappa shape index (κ3) is 4.33. The molecule has 1 N–H and O–H groups in total. The van der Waals surface area contributed by atoms with Crippen molar-refractivity contribution >= 4 is 33.4 Å². The van der Waals surface area contributed by atoms with Gasteiger partial charge in [0, 0.05) is 5.56 Å². The minimum absolute atomic E-state index is 0.0425. The zero-order chi connectivity index (χ0) is 23.7. The van der Waals surface area contributed by atoms with Crippen molar-refractivity contribution in [1.29, 1.82) is 0 Å². The number of aliphatic hydroxyl groups excluding tert-OH is 1. The summed E-state index contributed by atoms with van der Waals surface area (Å²) in [6.07, 6.45) is 1.52. The number of nitrogens with zero attached hydrogens (tertiary/aromatic N) is 1. The van der Waals surface area contributed by atoms with Gasteiger partial charge < -0.3 is 19.2 Å². The molecule has 1 aliphatic heterocycles. The van der Waals surface area contributed by atoms with Crippen LogP contribution in [-0.2, 0) is 16.1 Å². The smallest absolute Gasteiger partial charge is 0.296 e. The van der Waals surface area contributed by atoms with Crippen molar-refractivity contribution in [3.8, 4) is 5.75 Å². The molecule has 1 aliphatic rings. The second-order valence-electron chi connectivity index (χ2n) is 8.18. The normalized spacial score (nSPS) is 17.7. The number of hydrogen-bond acceptors (Lipinski definition) is 5. The number of ether oxygens (including phenoxy) is 1. The Morgan fingerprint density at radius 2 is 1.88 bits per heavy atom. The van der Waals surface area contributed by atoms with Crippen LogP contribution in [-0.4, -0.2) is 28.8 Å². The van der Waals surface area contributed by atoms with Gasteiger partial charge in [-0.3, -0.25) is 9.59 Å². The Hall–Kier alpha value is -3.32. The van der Waals surface area contributed by atoms with Crippen molar-refractivity contribution in [3.63, 3.8) is 0 Å². The highest BCUT2D eigenvalue weighted by molar-refractivity contribution is 9.10. The van der Waals surface area contributed by atoms with Gasteiger partial charge in [0.05, 0.1) is 36.0 Å². The molecule has 1 fully saturated rings. The van der Waals surface area contributed by atoms with E-state index in [2.05, 4.69) is 29.8 Å². The topological polar surface area (TPSA) is 80.0 Å². The predicted molar refractivity (Wildman–Crippen MR) is 128 cm³/mol. The lowest BCUT2D eigenvalue weighted by molar-refractivity contribution is -0.140. The molecule has 6 nitrogen and oxygen atoms in total. The molecule has 2 aromatic carbocycles. The molecule has 4 rings (SSSR count). The predicted octanol–water partition coefficient (Wildman–Crippen LogP) is 5.80. The number of hydrogen-bond donors (Lipinski definition) is 1. The van der Waals surface area contributed by atoms with Gasteiger partial charge in [0.2, 0.25) is 0 Å². The van der Waals surface area contributed by atoms with Gasteiger partial charge in [0.1, 0.15) is 17.3 Å². The number of likely N-dealkylation sites (tertiary alicyclic amines) is 1. The molecule has 1 amide bonds. The highest BCUT2D eigenvalue weighted by Crippen LogP contribution is 2.41. The molecule has 1 atom stereocenters. The van der Waals surface area contributed by atoms with E-state index in [0.29, 0.717) is 27.5 Å². The molecule has 2 heterocycles. The molecule has 1 aromatic heterocycles. The highest BCUT2D eigenvalue weighted by atomic mass is 79.9. The lowest BCUT2D eigenvalue weighted by Crippen LogP contribution is -2.29. The Balaban J connectivity index is 1.85. The van der Waals surface area contributed by atoms with Crippen molar-refractivity contribution < 1.29 is 23.8 Å². The first kappa shape index (κ1) is 22.9. The number of amides is 1. The fraction of sp³-hybridized carbons (Fsp3) is 0.231. The van der Waals surface area contributed by atoms with E-state index in [1.807, 2.05) is 24.3 Å². The van der Waals surface area contributed by atoms with Crippen LogP contribution in [0.15, 0.2) is 75.3 Å². The molecule has 0 aliphatic carbocycles. The molecule has 7 heteroatoms. The summed E-state index contributed by atoms with van der Waals surface area (Å²) in [5.74, 6) is -0.178. The van der Waals surface area contributed by atoms with Gasteiger partial charge in [-0.05, 0) is 63.3 Å². The molecule has 3 aromatic rings. The lowest BCUT2D eigenvalue weighted by atomic mass is 9.93. The number of halogens is 1. The van der Waals surface area contributed by atoms with Crippen LogP contribution in [0.3, 0.4) is 0 Å². The van der Waals surface area contributed by atoms with Crippen LogP contribution in [0.4, 0.5) is 0 Å². The molecule has 1 unspecified atom stereocenters. The van der Waals surface area contributed by atoms with E-state index < -0.39 is 17.7 Å². The average molecular weight is 510 g/mol. The fourth-order valence-electron chi connectivity index (χ4n) is 3.99. The van der Waals surface area contributed by atoms with Crippen LogP contribution < -0.4 is 4.74 Å². The Bertz CT molecular complexity index is 1210. The number of methoxy groups -OCH3 is 1. The minimum Gasteiger partial charge on any atom is -0.507 e. The van der Waals surface area contributed by atoms with Gasteiger partial charge in [0.15, 0.2) is 0 Å². The number of rotatable bonds is 6. The summed E-state index contributed by atoms with van der Waals surface area (Å²) >= 11 is 3.41. The number of furan rings is 1. The van der Waals surface area contributed by atoms with Crippen molar-refractivity contribution in [2.45, 2.75) is 32.4 Å². The maximum atomic E-state index is 13.1. The van der Waals surface area contributed by atoms with E-state index in [9.17, 15) is 14.7 Å². The van der Waals surface area contributed by atoms with E-state index in [0.717, 1.165) is 11.1 Å². The van der Waals surface area contributed by atoms with Crippen molar-refractivity contribution in [2.24, 2.45) is 0 Å². The third-order valence-electron chi connectivity index (χ3n) is 5.79. The fourth-order valence-corrected chi connectivity index (χ4v) is 4.53. The summed E-state index contributed by atoms with van der Waals surface area (Å²) in [5, 5.41) is 11.2. The highest BCUT2D eigenvalue weighted by Gasteiger charge is 2.46. The zero-order valence-electron chi connectivity index (χ0n) is 18.5. The Labute approximate surface area is 200 Å². The van der Waals surface area contributed by atoms with Gasteiger partial charge in [0.25, 0.3) is 11.7 Å². The van der Waals surface area contributed by atoms with E-state index in [4.69, 9.17) is 9.15 Å². The molecule has 170 valence electrons. The SMILES string of the molecule is COc1ccc(/C(O)=C2/C(=O)C(=O)N(Cc3ccco3)C2c2ccc(C(C)C)cc2)cc1Br. The quantitative estimate of drug-likeness (QED) is 0.258. The molecule has 0 saturated carbocycles. The van der Waals surface area contributed by atoms with Crippen LogP contribution >= 0.6 is 15.9 Å². The number of aliphatic hydroxyl groups is 1. The zero-order valence-corrected chi connectivity index (χ0v) is 20.1. The average Bonchev–Trinajstić information content (AvgIpc) is 3.41. The summed E-state index contributed by atoms with van der Waals surface area (Å²) in [5.41, 5.74) is 2.32. The van der Waals surface area contributed by atoms with Crippen LogP contribution in [0, 0.1) is 0 Å². The summed E-state index contributed by atoms with van der Waals surface area (Å²) in [6.45, 7) is 4.30. The van der Waals surface area contributed by atoms with Gasteiger partial charge >= 0.3 is 0 Å². The Morgan fingerprint density at radius 1 is 1.15 bits per heavy atom. The molecule has 0 spiro atoms. The molecule has 33 heavy (non-hydrogen) atoms. The third-order valence-corrected chi connectivity index (χ3v) is 6.41. The van der Waals surface area contributed by atoms with Gasteiger partial charge in [-0.1, -0.05) is 38.1 Å². The molecular weight excluding hydrogens is 486 g/mol. The Kier molecular flexibility index (Phi) is 6.42. The van der Waals surface area contributed by atoms with Gasteiger partial charge in [-0.2, -0.15) is 0 Å². The maximum Gasteiger partial charge on any atom is 0.296 e. The molecular formula is C26H24BrNO5. The second kappa shape index (κ2) is 9.27. The van der Waals surface area contributed by atoms with Crippen molar-refractivity contribution in [1.82, 2.24) is 4.90 Å². The van der Waals surface area contributed by atoms with Crippen LogP contribution in [0.5, 0.6) is 5.75 Å². The van der Waals surface area contributed by atoms with Crippen molar-refractivity contribution in [3.05, 3.63) is 93.4 Å². The van der Waals surface area contributed by atoms with Crippen LogP contribution in [0.25, 0.3) is 5.76 Å². The van der Waals surface area contributed by atoms with Crippen LogP contribution in [0.1, 0.15) is 48.3 Å². The minimum atomic E-state index is -0.753. The molecule has 0 bridgehead atoms. The maximum absolute atomic E-state index is 13.1. The summed E-state index contributed by atoms with van der Waals surface area (Å²) in [7, 11) is 1.54. The molecule has 0 radical (unpaired) electrons. The second-order valence-corrected chi connectivity index (χ2v) is 9.03. The summed E-state index contributed by atoms with van der Waals surface area (Å²) < 4.78 is 11.3. The van der Waals surface area contributed by atoms with E-state index in [1.54, 1.807) is 37.4 Å². The first-order valence-corrected chi connectivity index (χ1v) is 11.4. The number of carbonyl (C=O) groups is 2. The van der Waals surface area contributed by atoms with E-state index in [-0.39, 0.29) is 17.9 Å². The Morgan fingerprint density at radius 3 is 2.45 bits per heavy atom. The van der Waals surface area contributed by atoms with E-state index in [1.165, 1.54) is 11.2 Å². The van der Waals surface area contributed by atoms with Gasteiger partial charge in [-0.25, -0.2) is 0 Å².